The van der Waals surface area contributed by atoms with Crippen LogP contribution in [0.1, 0.15) is 25.3 Å². The van der Waals surface area contributed by atoms with Crippen molar-refractivity contribution < 1.29 is 14.7 Å². The molecule has 0 aliphatic carbocycles. The van der Waals surface area contributed by atoms with Crippen LogP contribution in [0.3, 0.4) is 0 Å². The van der Waals surface area contributed by atoms with Crippen molar-refractivity contribution in [1.29, 1.82) is 0 Å². The van der Waals surface area contributed by atoms with E-state index in [0.29, 0.717) is 29.4 Å². The molecule has 0 saturated carbocycles. The van der Waals surface area contributed by atoms with Crippen LogP contribution in [0.15, 0.2) is 18.2 Å². The van der Waals surface area contributed by atoms with E-state index >= 15 is 0 Å². The molecule has 1 unspecified atom stereocenters. The number of carboxylic acid groups (broad SMARTS) is 1. The Hall–Kier alpha value is -1.26. The van der Waals surface area contributed by atoms with Gasteiger partial charge in [0.25, 0.3) is 0 Å². The Kier molecular flexibility index (Phi) is 6.99. The standard InChI is InChI=1S/C15H19Cl2NO3/c1-10(8-11-5-6-12(16)9-13(11)17)15(21)18(2)7-3-4-14(19)20/h5-6,9-10H,3-4,7-8H2,1-2H3,(H,19,20). The number of rotatable bonds is 7. The summed E-state index contributed by atoms with van der Waals surface area (Å²) < 4.78 is 0. The largest absolute Gasteiger partial charge is 0.481 e. The molecule has 4 nitrogen and oxygen atoms in total. The van der Waals surface area contributed by atoms with Gasteiger partial charge in [-0.25, -0.2) is 0 Å². The summed E-state index contributed by atoms with van der Waals surface area (Å²) in [6, 6.07) is 5.22. The number of nitrogens with zero attached hydrogens (tertiary/aromatic N) is 1. The van der Waals surface area contributed by atoms with Crippen LogP contribution in [0.4, 0.5) is 0 Å². The summed E-state index contributed by atoms with van der Waals surface area (Å²) in [5, 5.41) is 9.71. The number of carboxylic acids is 1. The molecule has 1 atom stereocenters. The fourth-order valence-electron chi connectivity index (χ4n) is 2.06. The number of benzene rings is 1. The van der Waals surface area contributed by atoms with Crippen LogP contribution in [0.2, 0.25) is 10.0 Å². The van der Waals surface area contributed by atoms with Crippen molar-refractivity contribution in [3.63, 3.8) is 0 Å². The average Bonchev–Trinajstić information content (AvgIpc) is 2.40. The fourth-order valence-corrected chi connectivity index (χ4v) is 2.54. The lowest BCUT2D eigenvalue weighted by Crippen LogP contribution is -2.33. The molecule has 1 aromatic carbocycles. The van der Waals surface area contributed by atoms with Gasteiger partial charge in [-0.2, -0.15) is 0 Å². The number of carbonyl (C=O) groups excluding carboxylic acids is 1. The van der Waals surface area contributed by atoms with Gasteiger partial charge in [-0.05, 0) is 30.5 Å². The predicted molar refractivity (Wildman–Crippen MR) is 83.8 cm³/mol. The normalized spacial score (nSPS) is 12.0. The van der Waals surface area contributed by atoms with Crippen LogP contribution in [0.5, 0.6) is 0 Å². The van der Waals surface area contributed by atoms with Crippen LogP contribution in [-0.4, -0.2) is 35.5 Å². The molecular weight excluding hydrogens is 313 g/mol. The zero-order chi connectivity index (χ0) is 16.0. The Labute approximate surface area is 134 Å². The maximum atomic E-state index is 12.2. The lowest BCUT2D eigenvalue weighted by Gasteiger charge is -2.21. The minimum absolute atomic E-state index is 0.0218. The number of hydrogen-bond donors (Lipinski definition) is 1. The number of carbonyl (C=O) groups is 2. The lowest BCUT2D eigenvalue weighted by atomic mass is 9.99. The third kappa shape index (κ3) is 5.94. The molecule has 0 saturated heterocycles. The zero-order valence-electron chi connectivity index (χ0n) is 12.1. The monoisotopic (exact) mass is 331 g/mol. The second kappa shape index (κ2) is 8.25. The fraction of sp³-hybridized carbons (Fsp3) is 0.467. The van der Waals surface area contributed by atoms with Gasteiger partial charge < -0.3 is 10.0 Å². The Morgan fingerprint density at radius 3 is 2.57 bits per heavy atom. The first-order valence-corrected chi connectivity index (χ1v) is 7.47. The van der Waals surface area contributed by atoms with E-state index in [1.54, 1.807) is 24.1 Å². The number of amides is 1. The molecule has 0 bridgehead atoms. The molecule has 0 aliphatic rings. The van der Waals surface area contributed by atoms with E-state index in [1.807, 2.05) is 13.0 Å². The van der Waals surface area contributed by atoms with E-state index in [-0.39, 0.29) is 18.2 Å². The quantitative estimate of drug-likeness (QED) is 0.831. The van der Waals surface area contributed by atoms with Crippen molar-refractivity contribution in [2.45, 2.75) is 26.2 Å². The molecule has 0 spiro atoms. The van der Waals surface area contributed by atoms with Gasteiger partial charge in [0.2, 0.25) is 5.91 Å². The van der Waals surface area contributed by atoms with Crippen LogP contribution in [-0.2, 0) is 16.0 Å². The molecule has 1 amide bonds. The first kappa shape index (κ1) is 17.8. The van der Waals surface area contributed by atoms with Gasteiger partial charge in [0, 0.05) is 36.0 Å². The molecule has 6 heteroatoms. The van der Waals surface area contributed by atoms with Gasteiger partial charge in [-0.15, -0.1) is 0 Å². The molecule has 1 aromatic rings. The smallest absolute Gasteiger partial charge is 0.303 e. The Morgan fingerprint density at radius 1 is 1.33 bits per heavy atom. The topological polar surface area (TPSA) is 57.6 Å². The number of hydrogen-bond acceptors (Lipinski definition) is 2. The summed E-state index contributed by atoms with van der Waals surface area (Å²) in [5.41, 5.74) is 0.876. The van der Waals surface area contributed by atoms with E-state index in [0.717, 1.165) is 5.56 Å². The molecular formula is C15H19Cl2NO3. The van der Waals surface area contributed by atoms with Crippen molar-refractivity contribution in [3.05, 3.63) is 33.8 Å². The zero-order valence-corrected chi connectivity index (χ0v) is 13.6. The molecule has 1 N–H and O–H groups in total. The van der Waals surface area contributed by atoms with Crippen LogP contribution < -0.4 is 0 Å². The molecule has 116 valence electrons. The van der Waals surface area contributed by atoms with Gasteiger partial charge in [0.1, 0.15) is 0 Å². The van der Waals surface area contributed by atoms with Crippen molar-refractivity contribution in [3.8, 4) is 0 Å². The van der Waals surface area contributed by atoms with Gasteiger partial charge in [0.05, 0.1) is 0 Å². The van der Waals surface area contributed by atoms with Crippen LogP contribution in [0, 0.1) is 5.92 Å². The Morgan fingerprint density at radius 2 is 2.00 bits per heavy atom. The predicted octanol–water partition coefficient (Wildman–Crippen LogP) is 3.50. The molecule has 0 aromatic heterocycles. The van der Waals surface area contributed by atoms with Gasteiger partial charge >= 0.3 is 5.97 Å². The highest BCUT2D eigenvalue weighted by Gasteiger charge is 2.19. The second-order valence-electron chi connectivity index (χ2n) is 5.10. The molecule has 21 heavy (non-hydrogen) atoms. The minimum atomic E-state index is -0.850. The number of halogens is 2. The summed E-state index contributed by atoms with van der Waals surface area (Å²) in [4.78, 5) is 24.2. The third-order valence-electron chi connectivity index (χ3n) is 3.22. The first-order chi connectivity index (χ1) is 9.81. The van der Waals surface area contributed by atoms with E-state index in [4.69, 9.17) is 28.3 Å². The van der Waals surface area contributed by atoms with Crippen molar-refractivity contribution in [2.75, 3.05) is 13.6 Å². The van der Waals surface area contributed by atoms with Crippen molar-refractivity contribution in [1.82, 2.24) is 4.90 Å². The highest BCUT2D eigenvalue weighted by molar-refractivity contribution is 6.35. The molecule has 0 heterocycles. The Balaban J connectivity index is 2.55. The summed E-state index contributed by atoms with van der Waals surface area (Å²) >= 11 is 11.9. The van der Waals surface area contributed by atoms with E-state index < -0.39 is 5.97 Å². The van der Waals surface area contributed by atoms with Crippen molar-refractivity contribution in [2.24, 2.45) is 5.92 Å². The van der Waals surface area contributed by atoms with E-state index in [2.05, 4.69) is 0 Å². The highest BCUT2D eigenvalue weighted by Crippen LogP contribution is 2.23. The van der Waals surface area contributed by atoms with Crippen LogP contribution in [0.25, 0.3) is 0 Å². The van der Waals surface area contributed by atoms with Crippen LogP contribution >= 0.6 is 23.2 Å². The summed E-state index contributed by atoms with van der Waals surface area (Å²) in [6.07, 6.45) is 1.04. The summed E-state index contributed by atoms with van der Waals surface area (Å²) in [5.74, 6) is -1.10. The minimum Gasteiger partial charge on any atom is -0.481 e. The highest BCUT2D eigenvalue weighted by atomic mass is 35.5. The van der Waals surface area contributed by atoms with Gasteiger partial charge in [0.15, 0.2) is 0 Å². The Bertz CT molecular complexity index is 520. The molecule has 0 aliphatic heterocycles. The summed E-state index contributed by atoms with van der Waals surface area (Å²) in [7, 11) is 1.68. The number of aliphatic carboxylic acids is 1. The first-order valence-electron chi connectivity index (χ1n) is 6.72. The van der Waals surface area contributed by atoms with E-state index in [1.165, 1.54) is 0 Å². The maximum absolute atomic E-state index is 12.2. The molecule has 1 rings (SSSR count). The van der Waals surface area contributed by atoms with Crippen molar-refractivity contribution >= 4 is 35.1 Å². The summed E-state index contributed by atoms with van der Waals surface area (Å²) in [6.45, 7) is 2.27. The molecule has 0 fully saturated rings. The second-order valence-corrected chi connectivity index (χ2v) is 5.94. The van der Waals surface area contributed by atoms with E-state index in [9.17, 15) is 9.59 Å². The SMILES string of the molecule is CC(Cc1ccc(Cl)cc1Cl)C(=O)N(C)CCCC(=O)O. The maximum Gasteiger partial charge on any atom is 0.303 e. The third-order valence-corrected chi connectivity index (χ3v) is 3.81. The van der Waals surface area contributed by atoms with Gasteiger partial charge in [-0.3, -0.25) is 9.59 Å². The van der Waals surface area contributed by atoms with Gasteiger partial charge in [-0.1, -0.05) is 36.2 Å². The average molecular weight is 332 g/mol. The lowest BCUT2D eigenvalue weighted by molar-refractivity contribution is -0.138. The molecule has 0 radical (unpaired) electrons.